The van der Waals surface area contributed by atoms with Gasteiger partial charge in [-0.3, -0.25) is 0 Å². The van der Waals surface area contributed by atoms with Crippen molar-refractivity contribution in [1.29, 1.82) is 0 Å². The van der Waals surface area contributed by atoms with E-state index in [0.717, 1.165) is 0 Å². The van der Waals surface area contributed by atoms with E-state index < -0.39 is 50.2 Å². The van der Waals surface area contributed by atoms with Gasteiger partial charge in [0.05, 0.1) is 0 Å². The Kier molecular flexibility index (Phi) is 54.4. The Morgan fingerprint density at radius 2 is 0.474 bits per heavy atom. The first-order chi connectivity index (χ1) is 6.00. The van der Waals surface area contributed by atoms with E-state index in [1.165, 1.54) is 0 Å². The molecular weight excluding hydrogens is 1170 g/mol. The first-order valence-electron chi connectivity index (χ1n) is 2.00. The molecular formula is H2K2O12W3Yb2. The minimum absolute atomic E-state index is 0. The summed E-state index contributed by atoms with van der Waals surface area (Å²) in [7, 11) is 0. The summed E-state index contributed by atoms with van der Waals surface area (Å²) >= 11 is -18.5. The maximum atomic E-state index is 8.65. The summed E-state index contributed by atoms with van der Waals surface area (Å²) in [5, 5.41) is 0. The molecule has 12 nitrogen and oxygen atoms in total. The smallest absolute Gasteiger partial charge is 3.00 e. The molecule has 19 heavy (non-hydrogen) atoms. The van der Waals surface area contributed by atoms with Crippen LogP contribution in [0.25, 0.3) is 0 Å². The zero-order chi connectivity index (χ0) is 13.5. The summed E-state index contributed by atoms with van der Waals surface area (Å²) in [6.45, 7) is 0. The Hall–Kier alpha value is 6.94. The number of hydrogen-bond acceptors (Lipinski definition) is 12. The van der Waals surface area contributed by atoms with E-state index in [1.54, 1.807) is 0 Å². The number of hydrogen-bond donors (Lipinski definition) is 0. The van der Waals surface area contributed by atoms with E-state index in [-0.39, 0.29) is 199 Å². The molecule has 0 spiro atoms. The van der Waals surface area contributed by atoms with Crippen molar-refractivity contribution in [1.82, 2.24) is 0 Å². The summed E-state index contributed by atoms with van der Waals surface area (Å²) in [6, 6.07) is 0. The van der Waals surface area contributed by atoms with Gasteiger partial charge in [0.2, 0.25) is 0 Å². The average molecular weight is 1170 g/mol. The molecule has 2 radical (unpaired) electrons. The van der Waals surface area contributed by atoms with Gasteiger partial charge in [-0.2, -0.15) is 0 Å². The van der Waals surface area contributed by atoms with Gasteiger partial charge in [-0.1, -0.05) is 0 Å². The molecule has 0 aliphatic heterocycles. The van der Waals surface area contributed by atoms with Gasteiger partial charge < -0.3 is 2.85 Å². The molecule has 0 N–H and O–H groups in total. The Balaban J connectivity index is -0.0000000129. The van der Waals surface area contributed by atoms with Crippen LogP contribution in [0.5, 0.6) is 0 Å². The quantitative estimate of drug-likeness (QED) is 0.206. The second-order valence-corrected chi connectivity index (χ2v) is 10.0. The topological polar surface area (TPSA) is 241 Å². The van der Waals surface area contributed by atoms with E-state index in [4.69, 9.17) is 42.9 Å². The molecule has 0 unspecified atom stereocenters. The third-order valence-corrected chi connectivity index (χ3v) is 0. The predicted molar refractivity (Wildman–Crippen MR) is 6.34 cm³/mol. The molecule has 0 atom stereocenters. The van der Waals surface area contributed by atoms with E-state index in [1.807, 2.05) is 0 Å². The predicted octanol–water partition coefficient (Wildman–Crippen LogP) is -13.6. The van der Waals surface area contributed by atoms with Crippen LogP contribution in [0.2, 0.25) is 0 Å². The minimum Gasteiger partial charge on any atom is 3.00 e. The third-order valence-electron chi connectivity index (χ3n) is 0. The van der Waals surface area contributed by atoms with Crippen molar-refractivity contribution >= 4 is 0 Å². The summed E-state index contributed by atoms with van der Waals surface area (Å²) < 4.78 is 104. The molecule has 122 valence electrons. The zero-order valence-corrected chi connectivity index (χ0v) is 27.1. The standard InChI is InChI=1S/2K.12O.3W.2Yb.2H/q2*+1;;;;;;;6*-1;;;;2*+3;2*-1. The summed E-state index contributed by atoms with van der Waals surface area (Å²) in [5.41, 5.74) is 0. The van der Waals surface area contributed by atoms with Crippen LogP contribution in [-0.2, 0) is 70.6 Å². The van der Waals surface area contributed by atoms with Crippen molar-refractivity contribution in [3.8, 4) is 0 Å². The van der Waals surface area contributed by atoms with Crippen LogP contribution >= 0.6 is 0 Å². The van der Waals surface area contributed by atoms with Gasteiger partial charge in [-0.15, -0.1) is 0 Å². The summed E-state index contributed by atoms with van der Waals surface area (Å²) in [4.78, 5) is 0. The minimum atomic E-state index is -6.17. The number of rotatable bonds is 0. The van der Waals surface area contributed by atoms with Crippen molar-refractivity contribution in [3.63, 3.8) is 0 Å². The van der Waals surface area contributed by atoms with E-state index in [9.17, 15) is 0 Å². The first kappa shape index (κ1) is 45.0. The van der Waals surface area contributed by atoms with Crippen molar-refractivity contribution in [2.24, 2.45) is 0 Å². The maximum absolute atomic E-state index is 8.65. The largest absolute Gasteiger partial charge is 3.00 e. The zero-order valence-electron chi connectivity index (χ0n) is 10.7. The monoisotopic (exact) mass is 1170 g/mol. The Labute approximate surface area is 283 Å². The summed E-state index contributed by atoms with van der Waals surface area (Å²) in [6.07, 6.45) is 0. The van der Waals surface area contributed by atoms with Gasteiger partial charge in [0.15, 0.2) is 0 Å². The van der Waals surface area contributed by atoms with Gasteiger partial charge in [0.25, 0.3) is 0 Å². The molecule has 0 saturated heterocycles. The molecule has 0 aliphatic carbocycles. The molecule has 0 aromatic carbocycles. The fourth-order valence-corrected chi connectivity index (χ4v) is 0. The van der Waals surface area contributed by atoms with Crippen LogP contribution in [0.4, 0.5) is 0 Å². The van der Waals surface area contributed by atoms with Crippen molar-refractivity contribution in [2.75, 3.05) is 0 Å². The van der Waals surface area contributed by atoms with Crippen molar-refractivity contribution in [2.45, 2.75) is 0 Å². The third kappa shape index (κ3) is 273. The molecule has 0 saturated carbocycles. The fraction of sp³-hybridized carbons (Fsp3) is 0. The Bertz CT molecular complexity index is 359. The van der Waals surface area contributed by atoms with Crippen LogP contribution < -0.4 is 125 Å². The van der Waals surface area contributed by atoms with E-state index in [0.29, 0.717) is 0 Å². The molecule has 0 aromatic rings. The van der Waals surface area contributed by atoms with Crippen LogP contribution in [0.15, 0.2) is 0 Å². The van der Waals surface area contributed by atoms with E-state index >= 15 is 0 Å². The van der Waals surface area contributed by atoms with Gasteiger partial charge in [0, 0.05) is 0 Å². The van der Waals surface area contributed by atoms with Crippen molar-refractivity contribution in [3.05, 3.63) is 0 Å². The molecule has 0 bridgehead atoms. The van der Waals surface area contributed by atoms with Crippen LogP contribution in [-0.4, -0.2) is 0 Å². The molecule has 0 heterocycles. The van der Waals surface area contributed by atoms with Gasteiger partial charge in [-0.05, 0) is 0 Å². The van der Waals surface area contributed by atoms with Gasteiger partial charge in [0.1, 0.15) is 0 Å². The Morgan fingerprint density at radius 1 is 0.474 bits per heavy atom. The van der Waals surface area contributed by atoms with Crippen LogP contribution in [0.3, 0.4) is 0 Å². The second kappa shape index (κ2) is 23.0. The first-order valence-corrected chi connectivity index (χ1v) is 16.4. The maximum Gasteiger partial charge on any atom is 3.00 e. The average Bonchev–Trinajstić information content (AvgIpc) is 1.41. The normalized spacial score (nSPS) is 9.16. The van der Waals surface area contributed by atoms with E-state index in [2.05, 4.69) is 0 Å². The second-order valence-electron chi connectivity index (χ2n) is 1.22. The van der Waals surface area contributed by atoms with Gasteiger partial charge >= 0.3 is 290 Å². The fourth-order valence-electron chi connectivity index (χ4n) is 0. The molecule has 0 fully saturated rings. The molecule has 0 aromatic heterocycles. The van der Waals surface area contributed by atoms with Crippen LogP contribution in [0, 0.1) is 93.8 Å². The molecule has 0 rings (SSSR count). The van der Waals surface area contributed by atoms with Gasteiger partial charge in [-0.25, -0.2) is 0 Å². The van der Waals surface area contributed by atoms with Crippen molar-refractivity contribution < 1.29 is 293 Å². The SMILES string of the molecule is [H-].[H-].[K+].[K+].[O]=[W](=[O])([O-])[O-].[O]=[W](=[O])([O-])[O-].[O]=[W](=[O])([O-])[O-].[Yb+3].[Yb+3]. The molecule has 19 heteroatoms. The molecule has 0 aliphatic rings. The molecule has 0 amide bonds. The van der Waals surface area contributed by atoms with Crippen LogP contribution in [0.1, 0.15) is 2.85 Å². The Morgan fingerprint density at radius 3 is 0.474 bits per heavy atom. The summed E-state index contributed by atoms with van der Waals surface area (Å²) in [5.74, 6) is 0.